The zero-order valence-electron chi connectivity index (χ0n) is 18.6. The van der Waals surface area contributed by atoms with Crippen LogP contribution in [0.2, 0.25) is 0 Å². The van der Waals surface area contributed by atoms with E-state index in [-0.39, 0.29) is 17.5 Å². The quantitative estimate of drug-likeness (QED) is 0.353. The van der Waals surface area contributed by atoms with Gasteiger partial charge in [-0.05, 0) is 73.4 Å². The molecule has 5 rings (SSSR count). The van der Waals surface area contributed by atoms with Crippen molar-refractivity contribution in [2.45, 2.75) is 45.1 Å². The number of nitrogens with one attached hydrogen (secondary N) is 1. The summed E-state index contributed by atoms with van der Waals surface area (Å²) in [6.07, 6.45) is 7.29. The van der Waals surface area contributed by atoms with E-state index in [1.165, 1.54) is 30.5 Å². The Morgan fingerprint density at radius 1 is 1.06 bits per heavy atom. The van der Waals surface area contributed by atoms with Crippen LogP contribution < -0.4 is 5.32 Å². The van der Waals surface area contributed by atoms with Gasteiger partial charge in [0.15, 0.2) is 11.5 Å². The highest BCUT2D eigenvalue weighted by molar-refractivity contribution is 6.02. The molecule has 2 aromatic heterocycles. The average Bonchev–Trinajstić information content (AvgIpc) is 3.60. The molecule has 0 spiro atoms. The number of hydrogen-bond acceptors (Lipinski definition) is 3. The monoisotopic (exact) mass is 443 g/mol. The minimum atomic E-state index is -0.305. The van der Waals surface area contributed by atoms with Gasteiger partial charge in [-0.25, -0.2) is 9.37 Å². The Balaban J connectivity index is 1.47. The molecule has 6 heteroatoms. The highest BCUT2D eigenvalue weighted by atomic mass is 19.1. The van der Waals surface area contributed by atoms with Gasteiger partial charge in [0.05, 0.1) is 12.0 Å². The summed E-state index contributed by atoms with van der Waals surface area (Å²) >= 11 is 0. The smallest absolute Gasteiger partial charge is 0.291 e. The molecular formula is C27H26FN3O2. The van der Waals surface area contributed by atoms with Crippen LogP contribution in [0.5, 0.6) is 0 Å². The Morgan fingerprint density at radius 2 is 1.79 bits per heavy atom. The SMILES string of the molecule is CCc1ccc(NC(=O)c2ccc(-c3c(-c4ccc(F)cc4)ncn3C3CCCC3)o2)cc1. The first-order valence-electron chi connectivity index (χ1n) is 11.5. The van der Waals surface area contributed by atoms with Gasteiger partial charge in [0, 0.05) is 17.3 Å². The maximum absolute atomic E-state index is 13.5. The molecule has 0 saturated heterocycles. The molecule has 0 aliphatic heterocycles. The molecule has 2 heterocycles. The number of aryl methyl sites for hydroxylation is 1. The molecule has 1 N–H and O–H groups in total. The van der Waals surface area contributed by atoms with Crippen molar-refractivity contribution < 1.29 is 13.6 Å². The standard InChI is InChI=1S/C27H26FN3O2/c1-2-18-7-13-21(14-8-18)30-27(32)24-16-15-23(33-24)26-25(19-9-11-20(28)12-10-19)29-17-31(26)22-5-3-4-6-22/h7-17,22H,2-6H2,1H3,(H,30,32). The van der Waals surface area contributed by atoms with Gasteiger partial charge in [-0.1, -0.05) is 31.9 Å². The lowest BCUT2D eigenvalue weighted by atomic mass is 10.1. The van der Waals surface area contributed by atoms with E-state index < -0.39 is 0 Å². The molecule has 0 radical (unpaired) electrons. The van der Waals surface area contributed by atoms with Crippen molar-refractivity contribution in [3.8, 4) is 22.7 Å². The van der Waals surface area contributed by atoms with E-state index >= 15 is 0 Å². The zero-order chi connectivity index (χ0) is 22.8. The van der Waals surface area contributed by atoms with Gasteiger partial charge < -0.3 is 14.3 Å². The lowest BCUT2D eigenvalue weighted by Gasteiger charge is -2.15. The fourth-order valence-corrected chi connectivity index (χ4v) is 4.49. The minimum absolute atomic E-state index is 0.230. The summed E-state index contributed by atoms with van der Waals surface area (Å²) in [4.78, 5) is 17.5. The topological polar surface area (TPSA) is 60.1 Å². The second-order valence-corrected chi connectivity index (χ2v) is 8.46. The van der Waals surface area contributed by atoms with Crippen molar-refractivity contribution >= 4 is 11.6 Å². The highest BCUT2D eigenvalue weighted by Crippen LogP contribution is 2.39. The van der Waals surface area contributed by atoms with E-state index in [0.29, 0.717) is 11.8 Å². The van der Waals surface area contributed by atoms with E-state index in [0.717, 1.165) is 41.9 Å². The van der Waals surface area contributed by atoms with Crippen LogP contribution in [0.4, 0.5) is 10.1 Å². The number of benzene rings is 2. The molecule has 5 nitrogen and oxygen atoms in total. The van der Waals surface area contributed by atoms with Gasteiger partial charge in [-0.2, -0.15) is 0 Å². The zero-order valence-corrected chi connectivity index (χ0v) is 18.6. The van der Waals surface area contributed by atoms with Crippen LogP contribution in [0.3, 0.4) is 0 Å². The third-order valence-electron chi connectivity index (χ3n) is 6.31. The molecule has 0 bridgehead atoms. The summed E-state index contributed by atoms with van der Waals surface area (Å²) in [5, 5.41) is 2.89. The van der Waals surface area contributed by atoms with Crippen molar-refractivity contribution in [2.75, 3.05) is 5.32 Å². The van der Waals surface area contributed by atoms with Crippen molar-refractivity contribution in [2.24, 2.45) is 0 Å². The normalized spacial score (nSPS) is 14.0. The van der Waals surface area contributed by atoms with Crippen molar-refractivity contribution in [3.63, 3.8) is 0 Å². The molecule has 1 saturated carbocycles. The van der Waals surface area contributed by atoms with Gasteiger partial charge in [0.1, 0.15) is 11.5 Å². The molecule has 4 aromatic rings. The first kappa shape index (κ1) is 21.2. The summed E-state index contributed by atoms with van der Waals surface area (Å²) in [5.41, 5.74) is 4.28. The highest BCUT2D eigenvalue weighted by Gasteiger charge is 2.26. The molecule has 0 atom stereocenters. The van der Waals surface area contributed by atoms with Crippen LogP contribution in [0.1, 0.15) is 54.8 Å². The van der Waals surface area contributed by atoms with Crippen LogP contribution >= 0.6 is 0 Å². The fourth-order valence-electron chi connectivity index (χ4n) is 4.49. The Bertz CT molecular complexity index is 1250. The second kappa shape index (κ2) is 9.06. The Hall–Kier alpha value is -3.67. The number of hydrogen-bond donors (Lipinski definition) is 1. The van der Waals surface area contributed by atoms with Crippen molar-refractivity contribution in [1.29, 1.82) is 0 Å². The number of halogens is 1. The van der Waals surface area contributed by atoms with E-state index in [1.807, 2.05) is 36.7 Å². The van der Waals surface area contributed by atoms with Crippen LogP contribution in [0.25, 0.3) is 22.7 Å². The van der Waals surface area contributed by atoms with Gasteiger partial charge in [0.25, 0.3) is 5.91 Å². The number of carbonyl (C=O) groups excluding carboxylic acids is 1. The molecule has 168 valence electrons. The van der Waals surface area contributed by atoms with E-state index in [2.05, 4.69) is 21.8 Å². The first-order chi connectivity index (χ1) is 16.1. The molecule has 33 heavy (non-hydrogen) atoms. The van der Waals surface area contributed by atoms with Crippen molar-refractivity contribution in [3.05, 3.63) is 84.1 Å². The summed E-state index contributed by atoms with van der Waals surface area (Å²) in [5.74, 6) is 0.208. The molecular weight excluding hydrogens is 417 g/mol. The maximum Gasteiger partial charge on any atom is 0.291 e. The average molecular weight is 444 g/mol. The predicted octanol–water partition coefficient (Wildman–Crippen LogP) is 6.88. The largest absolute Gasteiger partial charge is 0.449 e. The number of imidazole rings is 1. The number of furan rings is 1. The molecule has 1 aliphatic rings. The molecule has 1 aliphatic carbocycles. The summed E-state index contributed by atoms with van der Waals surface area (Å²) in [7, 11) is 0. The Morgan fingerprint density at radius 3 is 2.48 bits per heavy atom. The van der Waals surface area contributed by atoms with E-state index in [1.54, 1.807) is 18.2 Å². The number of carbonyl (C=O) groups is 1. The maximum atomic E-state index is 13.5. The molecule has 2 aromatic carbocycles. The molecule has 0 unspecified atom stereocenters. The third kappa shape index (κ3) is 4.33. The van der Waals surface area contributed by atoms with Crippen molar-refractivity contribution in [1.82, 2.24) is 9.55 Å². The van der Waals surface area contributed by atoms with Gasteiger partial charge in [0.2, 0.25) is 0 Å². The first-order valence-corrected chi connectivity index (χ1v) is 11.5. The van der Waals surface area contributed by atoms with Crippen LogP contribution in [0.15, 0.2) is 71.4 Å². The summed E-state index contributed by atoms with van der Waals surface area (Å²) in [6, 6.07) is 17.9. The van der Waals surface area contributed by atoms with Gasteiger partial charge in [-0.15, -0.1) is 0 Å². The molecule has 1 fully saturated rings. The minimum Gasteiger partial charge on any atom is -0.449 e. The Kier molecular flexibility index (Phi) is 5.82. The second-order valence-electron chi connectivity index (χ2n) is 8.46. The van der Waals surface area contributed by atoms with Gasteiger partial charge in [-0.3, -0.25) is 4.79 Å². The number of rotatable bonds is 6. The van der Waals surface area contributed by atoms with Crippen LogP contribution in [-0.4, -0.2) is 15.5 Å². The lowest BCUT2D eigenvalue weighted by molar-refractivity contribution is 0.0997. The Labute approximate surface area is 192 Å². The lowest BCUT2D eigenvalue weighted by Crippen LogP contribution is -2.10. The number of aromatic nitrogens is 2. The number of amides is 1. The van der Waals surface area contributed by atoms with Crippen LogP contribution in [-0.2, 0) is 6.42 Å². The summed E-state index contributed by atoms with van der Waals surface area (Å²) in [6.45, 7) is 2.09. The van der Waals surface area contributed by atoms with Crippen LogP contribution in [0, 0.1) is 5.82 Å². The predicted molar refractivity (Wildman–Crippen MR) is 127 cm³/mol. The third-order valence-corrected chi connectivity index (χ3v) is 6.31. The number of nitrogens with zero attached hydrogens (tertiary/aromatic N) is 2. The number of anilines is 1. The van der Waals surface area contributed by atoms with Gasteiger partial charge >= 0.3 is 0 Å². The van der Waals surface area contributed by atoms with E-state index in [4.69, 9.17) is 4.42 Å². The fraction of sp³-hybridized carbons (Fsp3) is 0.259. The summed E-state index contributed by atoms with van der Waals surface area (Å²) < 4.78 is 21.7. The molecule has 1 amide bonds. The van der Waals surface area contributed by atoms with E-state index in [9.17, 15) is 9.18 Å².